The molecule has 2 amide bonds. The highest BCUT2D eigenvalue weighted by Gasteiger charge is 2.36. The lowest BCUT2D eigenvalue weighted by molar-refractivity contribution is -0.122. The van der Waals surface area contributed by atoms with Crippen molar-refractivity contribution in [2.45, 2.75) is 26.2 Å². The number of rotatable bonds is 5. The number of halogens is 1. The molecule has 3 rings (SSSR count). The SMILES string of the molecule is COc1ccc(Cl)cc1N1CC(C(=O)Nc2nnc(C(C)C)s2)CC1=O. The first-order chi connectivity index (χ1) is 12.4. The van der Waals surface area contributed by atoms with Crippen molar-refractivity contribution in [3.05, 3.63) is 28.2 Å². The molecule has 0 spiro atoms. The summed E-state index contributed by atoms with van der Waals surface area (Å²) in [7, 11) is 1.53. The smallest absolute Gasteiger partial charge is 0.231 e. The van der Waals surface area contributed by atoms with E-state index in [2.05, 4.69) is 15.5 Å². The summed E-state index contributed by atoms with van der Waals surface area (Å²) in [6.45, 7) is 4.28. The van der Waals surface area contributed by atoms with Crippen molar-refractivity contribution in [2.24, 2.45) is 5.92 Å². The minimum atomic E-state index is -0.474. The molecule has 0 radical (unpaired) electrons. The Labute approximate surface area is 160 Å². The zero-order valence-corrected chi connectivity index (χ0v) is 16.2. The van der Waals surface area contributed by atoms with Gasteiger partial charge in [-0.15, -0.1) is 10.2 Å². The molecule has 0 bridgehead atoms. The quantitative estimate of drug-likeness (QED) is 0.840. The van der Waals surface area contributed by atoms with Crippen LogP contribution in [0.25, 0.3) is 0 Å². The molecule has 7 nitrogen and oxygen atoms in total. The molecule has 1 N–H and O–H groups in total. The summed E-state index contributed by atoms with van der Waals surface area (Å²) in [4.78, 5) is 26.5. The number of anilines is 2. The Bertz CT molecular complexity index is 839. The Kier molecular flexibility index (Phi) is 5.43. The third kappa shape index (κ3) is 3.81. The van der Waals surface area contributed by atoms with Gasteiger partial charge in [0.15, 0.2) is 0 Å². The van der Waals surface area contributed by atoms with Crippen LogP contribution in [0.1, 0.15) is 31.2 Å². The van der Waals surface area contributed by atoms with Crippen LogP contribution in [0.4, 0.5) is 10.8 Å². The number of nitrogens with zero attached hydrogens (tertiary/aromatic N) is 3. The number of hydrogen-bond donors (Lipinski definition) is 1. The predicted octanol–water partition coefficient (Wildman–Crippen LogP) is 3.32. The Balaban J connectivity index is 1.73. The fourth-order valence-electron chi connectivity index (χ4n) is 2.72. The Morgan fingerprint density at radius 2 is 2.19 bits per heavy atom. The minimum Gasteiger partial charge on any atom is -0.495 e. The van der Waals surface area contributed by atoms with E-state index in [1.165, 1.54) is 23.3 Å². The first kappa shape index (κ1) is 18.6. The third-order valence-corrected chi connectivity index (χ3v) is 5.47. The van der Waals surface area contributed by atoms with Crippen molar-refractivity contribution in [1.82, 2.24) is 10.2 Å². The van der Waals surface area contributed by atoms with Crippen molar-refractivity contribution >= 4 is 45.6 Å². The maximum atomic E-state index is 12.5. The molecule has 1 aliphatic rings. The van der Waals surface area contributed by atoms with Gasteiger partial charge in [0.1, 0.15) is 10.8 Å². The number of aromatic nitrogens is 2. The van der Waals surface area contributed by atoms with E-state index in [0.717, 1.165) is 5.01 Å². The fraction of sp³-hybridized carbons (Fsp3) is 0.412. The summed E-state index contributed by atoms with van der Waals surface area (Å²) >= 11 is 7.39. The molecule has 1 atom stereocenters. The molecule has 26 heavy (non-hydrogen) atoms. The number of hydrogen-bond acceptors (Lipinski definition) is 6. The van der Waals surface area contributed by atoms with Crippen LogP contribution >= 0.6 is 22.9 Å². The molecule has 1 fully saturated rings. The average Bonchev–Trinajstić information content (AvgIpc) is 3.21. The first-order valence-corrected chi connectivity index (χ1v) is 9.36. The molecule has 1 aromatic carbocycles. The maximum absolute atomic E-state index is 12.5. The van der Waals surface area contributed by atoms with Crippen molar-refractivity contribution < 1.29 is 14.3 Å². The van der Waals surface area contributed by atoms with Gasteiger partial charge >= 0.3 is 0 Å². The highest BCUT2D eigenvalue weighted by atomic mass is 35.5. The first-order valence-electron chi connectivity index (χ1n) is 8.17. The number of methoxy groups -OCH3 is 1. The molecular formula is C17H19ClN4O3S. The van der Waals surface area contributed by atoms with Crippen LogP contribution < -0.4 is 15.0 Å². The fourth-order valence-corrected chi connectivity index (χ4v) is 3.63. The lowest BCUT2D eigenvalue weighted by Gasteiger charge is -2.19. The van der Waals surface area contributed by atoms with Crippen LogP contribution in [0.2, 0.25) is 5.02 Å². The highest BCUT2D eigenvalue weighted by Crippen LogP contribution is 2.35. The van der Waals surface area contributed by atoms with E-state index in [4.69, 9.17) is 16.3 Å². The predicted molar refractivity (Wildman–Crippen MR) is 101 cm³/mol. The summed E-state index contributed by atoms with van der Waals surface area (Å²) in [5, 5.41) is 12.6. The Hall–Kier alpha value is -2.19. The van der Waals surface area contributed by atoms with Crippen LogP contribution in [0.3, 0.4) is 0 Å². The largest absolute Gasteiger partial charge is 0.495 e. The monoisotopic (exact) mass is 394 g/mol. The molecule has 2 heterocycles. The second kappa shape index (κ2) is 7.59. The minimum absolute atomic E-state index is 0.122. The Morgan fingerprint density at radius 1 is 1.42 bits per heavy atom. The molecule has 138 valence electrons. The van der Waals surface area contributed by atoms with E-state index >= 15 is 0 Å². The molecule has 0 saturated carbocycles. The van der Waals surface area contributed by atoms with Gasteiger partial charge in [0, 0.05) is 23.9 Å². The van der Waals surface area contributed by atoms with E-state index in [1.807, 2.05) is 13.8 Å². The molecule has 1 aliphatic heterocycles. The van der Waals surface area contributed by atoms with Crippen LogP contribution in [0, 0.1) is 5.92 Å². The summed E-state index contributed by atoms with van der Waals surface area (Å²) in [6.07, 6.45) is 0.122. The van der Waals surface area contributed by atoms with Gasteiger partial charge in [0.2, 0.25) is 16.9 Å². The topological polar surface area (TPSA) is 84.4 Å². The summed E-state index contributed by atoms with van der Waals surface area (Å²) in [6, 6.07) is 5.06. The van der Waals surface area contributed by atoms with Gasteiger partial charge < -0.3 is 15.0 Å². The number of ether oxygens (including phenoxy) is 1. The normalized spacial score (nSPS) is 17.0. The number of amides is 2. The summed E-state index contributed by atoms with van der Waals surface area (Å²) in [5.41, 5.74) is 0.568. The lowest BCUT2D eigenvalue weighted by Crippen LogP contribution is -2.28. The average molecular weight is 395 g/mol. The van der Waals surface area contributed by atoms with Gasteiger partial charge in [0.25, 0.3) is 0 Å². The maximum Gasteiger partial charge on any atom is 0.231 e. The second-order valence-corrected chi connectivity index (χ2v) is 7.76. The van der Waals surface area contributed by atoms with E-state index < -0.39 is 5.92 Å². The van der Waals surface area contributed by atoms with Gasteiger partial charge in [0.05, 0.1) is 18.7 Å². The highest BCUT2D eigenvalue weighted by molar-refractivity contribution is 7.15. The number of carbonyl (C=O) groups excluding carboxylic acids is 2. The molecular weight excluding hydrogens is 376 g/mol. The second-order valence-electron chi connectivity index (χ2n) is 6.31. The van der Waals surface area contributed by atoms with E-state index in [0.29, 0.717) is 21.6 Å². The lowest BCUT2D eigenvalue weighted by atomic mass is 10.1. The number of carbonyl (C=O) groups is 2. The molecule has 2 aromatic rings. The summed E-state index contributed by atoms with van der Waals surface area (Å²) in [5.74, 6) is -0.0803. The van der Waals surface area contributed by atoms with Crippen LogP contribution in [0.15, 0.2) is 18.2 Å². The molecule has 0 aliphatic carbocycles. The van der Waals surface area contributed by atoms with E-state index in [1.54, 1.807) is 18.2 Å². The van der Waals surface area contributed by atoms with Crippen molar-refractivity contribution in [3.63, 3.8) is 0 Å². The van der Waals surface area contributed by atoms with Crippen molar-refractivity contribution in [1.29, 1.82) is 0 Å². The van der Waals surface area contributed by atoms with Gasteiger partial charge in [-0.05, 0) is 18.2 Å². The summed E-state index contributed by atoms with van der Waals surface area (Å²) < 4.78 is 5.31. The Morgan fingerprint density at radius 3 is 2.85 bits per heavy atom. The molecule has 1 saturated heterocycles. The van der Waals surface area contributed by atoms with Crippen LogP contribution in [-0.2, 0) is 9.59 Å². The third-order valence-electron chi connectivity index (χ3n) is 4.09. The van der Waals surface area contributed by atoms with E-state index in [-0.39, 0.29) is 30.7 Å². The van der Waals surface area contributed by atoms with Crippen LogP contribution in [-0.4, -0.2) is 35.7 Å². The van der Waals surface area contributed by atoms with Crippen molar-refractivity contribution in [2.75, 3.05) is 23.9 Å². The molecule has 1 aromatic heterocycles. The zero-order chi connectivity index (χ0) is 18.8. The number of nitrogens with one attached hydrogen (secondary N) is 1. The van der Waals surface area contributed by atoms with E-state index in [9.17, 15) is 9.59 Å². The van der Waals surface area contributed by atoms with Gasteiger partial charge in [-0.2, -0.15) is 0 Å². The molecule has 9 heteroatoms. The standard InChI is InChI=1S/C17H19ClN4O3S/c1-9(2)16-20-21-17(26-16)19-15(24)10-6-14(23)22(8-10)12-7-11(18)4-5-13(12)25-3/h4-5,7,9-10H,6,8H2,1-3H3,(H,19,21,24). The van der Waals surface area contributed by atoms with Crippen LogP contribution in [0.5, 0.6) is 5.75 Å². The molecule has 1 unspecified atom stereocenters. The van der Waals surface area contributed by atoms with Gasteiger partial charge in [-0.3, -0.25) is 9.59 Å². The van der Waals surface area contributed by atoms with Crippen molar-refractivity contribution in [3.8, 4) is 5.75 Å². The van der Waals surface area contributed by atoms with Gasteiger partial charge in [-0.25, -0.2) is 0 Å². The zero-order valence-electron chi connectivity index (χ0n) is 14.7. The number of benzene rings is 1. The van der Waals surface area contributed by atoms with Gasteiger partial charge in [-0.1, -0.05) is 36.8 Å².